The summed E-state index contributed by atoms with van der Waals surface area (Å²) in [6.07, 6.45) is 0.956. The van der Waals surface area contributed by atoms with E-state index in [0.29, 0.717) is 11.3 Å². The van der Waals surface area contributed by atoms with Crippen LogP contribution in [0.1, 0.15) is 11.4 Å². The normalized spacial score (nSPS) is 10.9. The van der Waals surface area contributed by atoms with Crippen molar-refractivity contribution in [2.75, 3.05) is 0 Å². The number of nitrogens with zero attached hydrogens (tertiary/aromatic N) is 1. The van der Waals surface area contributed by atoms with Crippen molar-refractivity contribution in [3.05, 3.63) is 20.7 Å². The summed E-state index contributed by atoms with van der Waals surface area (Å²) in [5.41, 5.74) is 0. The molecule has 0 radical (unpaired) electrons. The second-order valence-corrected chi connectivity index (χ2v) is 2.88. The number of aliphatic hydroxyl groups is 1. The molecule has 3 nitrogen and oxygen atoms in total. The van der Waals surface area contributed by atoms with E-state index in [9.17, 15) is 13.6 Å². The van der Waals surface area contributed by atoms with E-state index in [4.69, 9.17) is 5.11 Å². The minimum atomic E-state index is -2.82. The first kappa shape index (κ1) is 8.35. The lowest BCUT2D eigenvalue weighted by Gasteiger charge is -1.94. The number of aromatic nitrogens is 1. The molecule has 6 heteroatoms. The molecule has 11 heavy (non-hydrogen) atoms. The van der Waals surface area contributed by atoms with Gasteiger partial charge in [-0.1, -0.05) is 11.3 Å². The molecule has 0 aliphatic carbocycles. The minimum absolute atomic E-state index is 0.246. The van der Waals surface area contributed by atoms with E-state index in [1.165, 1.54) is 0 Å². The second-order valence-electron chi connectivity index (χ2n) is 1.81. The van der Waals surface area contributed by atoms with Crippen LogP contribution in [0.4, 0.5) is 8.78 Å². The maximum Gasteiger partial charge on any atom is 0.322 e. The molecule has 0 aromatic carbocycles. The van der Waals surface area contributed by atoms with Gasteiger partial charge in [-0.2, -0.15) is 8.78 Å². The molecule has 1 aromatic rings. The van der Waals surface area contributed by atoms with E-state index >= 15 is 0 Å². The monoisotopic (exact) mass is 181 g/mol. The topological polar surface area (TPSA) is 42.2 Å². The highest BCUT2D eigenvalue weighted by Gasteiger charge is 2.10. The average Bonchev–Trinajstić information content (AvgIpc) is 2.30. The molecule has 1 rings (SSSR count). The quantitative estimate of drug-likeness (QED) is 0.733. The van der Waals surface area contributed by atoms with Crippen molar-refractivity contribution in [3.63, 3.8) is 0 Å². The fourth-order valence-corrected chi connectivity index (χ4v) is 1.30. The Balaban J connectivity index is 3.07. The van der Waals surface area contributed by atoms with Crippen LogP contribution in [0.5, 0.6) is 0 Å². The van der Waals surface area contributed by atoms with Gasteiger partial charge in [0, 0.05) is 6.20 Å². The van der Waals surface area contributed by atoms with Gasteiger partial charge in [0.15, 0.2) is 0 Å². The van der Waals surface area contributed by atoms with Crippen LogP contribution in [0.25, 0.3) is 0 Å². The van der Waals surface area contributed by atoms with Gasteiger partial charge >= 0.3 is 11.4 Å². The molecule has 0 spiro atoms. The first-order chi connectivity index (χ1) is 5.15. The summed E-state index contributed by atoms with van der Waals surface area (Å²) in [5.74, 6) is 0. The summed E-state index contributed by atoms with van der Waals surface area (Å²) in [7, 11) is 0. The Morgan fingerprint density at radius 1 is 1.73 bits per heavy atom. The lowest BCUT2D eigenvalue weighted by Crippen LogP contribution is -2.11. The standard InChI is InChI=1S/C5H5F2NO2S/c6-4(7)8-1-3(2-9)11-5(8)10/h1,4,9H,2H2. The first-order valence-electron chi connectivity index (χ1n) is 2.75. The molecule has 0 saturated carbocycles. The summed E-state index contributed by atoms with van der Waals surface area (Å²) in [6.45, 7) is -3.20. The number of halogens is 2. The number of alkyl halides is 2. The van der Waals surface area contributed by atoms with Gasteiger partial charge in [0.1, 0.15) is 0 Å². The van der Waals surface area contributed by atoms with Crippen LogP contribution in [-0.4, -0.2) is 9.67 Å². The molecule has 1 N–H and O–H groups in total. The van der Waals surface area contributed by atoms with Crippen LogP contribution in [0.3, 0.4) is 0 Å². The zero-order valence-corrected chi connectivity index (χ0v) is 6.15. The Morgan fingerprint density at radius 2 is 2.36 bits per heavy atom. The molecule has 0 fully saturated rings. The van der Waals surface area contributed by atoms with Crippen molar-refractivity contribution in [2.45, 2.75) is 13.2 Å². The molecular weight excluding hydrogens is 176 g/mol. The predicted molar refractivity (Wildman–Crippen MR) is 35.8 cm³/mol. The van der Waals surface area contributed by atoms with Gasteiger partial charge in [-0.3, -0.25) is 4.79 Å². The summed E-state index contributed by atoms with van der Waals surface area (Å²) in [5, 5.41) is 8.47. The molecule has 0 aliphatic rings. The van der Waals surface area contributed by atoms with Gasteiger partial charge in [-0.05, 0) is 0 Å². The third-order valence-corrected chi connectivity index (χ3v) is 1.96. The lowest BCUT2D eigenvalue weighted by molar-refractivity contribution is 0.0678. The first-order valence-corrected chi connectivity index (χ1v) is 3.56. The van der Waals surface area contributed by atoms with Gasteiger partial charge in [0.2, 0.25) is 0 Å². The zero-order chi connectivity index (χ0) is 8.43. The van der Waals surface area contributed by atoms with Crippen molar-refractivity contribution in [2.24, 2.45) is 0 Å². The largest absolute Gasteiger partial charge is 0.391 e. The number of thiazole rings is 1. The number of aliphatic hydroxyl groups excluding tert-OH is 1. The third-order valence-electron chi connectivity index (χ3n) is 1.08. The second kappa shape index (κ2) is 3.10. The van der Waals surface area contributed by atoms with Gasteiger partial charge in [0.05, 0.1) is 11.5 Å². The van der Waals surface area contributed by atoms with E-state index in [2.05, 4.69) is 0 Å². The summed E-state index contributed by atoms with van der Waals surface area (Å²) in [6, 6.07) is 0. The zero-order valence-electron chi connectivity index (χ0n) is 5.33. The van der Waals surface area contributed by atoms with Gasteiger partial charge in [-0.15, -0.1) is 0 Å². The maximum absolute atomic E-state index is 11.9. The number of hydrogen-bond donors (Lipinski definition) is 1. The highest BCUT2D eigenvalue weighted by atomic mass is 32.1. The Bertz CT molecular complexity index is 293. The Hall–Kier alpha value is -0.750. The van der Waals surface area contributed by atoms with E-state index in [1.807, 2.05) is 0 Å². The van der Waals surface area contributed by atoms with Crippen molar-refractivity contribution < 1.29 is 13.9 Å². The highest BCUT2D eigenvalue weighted by Crippen LogP contribution is 2.11. The smallest absolute Gasteiger partial charge is 0.322 e. The summed E-state index contributed by atoms with van der Waals surface area (Å²) < 4.78 is 24.0. The van der Waals surface area contributed by atoms with Gasteiger partial charge in [0.25, 0.3) is 0 Å². The molecule has 0 unspecified atom stereocenters. The molecule has 62 valence electrons. The van der Waals surface area contributed by atoms with Gasteiger partial charge < -0.3 is 5.11 Å². The van der Waals surface area contributed by atoms with E-state index in [1.54, 1.807) is 0 Å². The SMILES string of the molecule is O=c1sc(CO)cn1C(F)F. The fraction of sp³-hybridized carbons (Fsp3) is 0.400. The third kappa shape index (κ3) is 1.63. The van der Waals surface area contributed by atoms with E-state index in [0.717, 1.165) is 6.20 Å². The molecule has 1 aromatic heterocycles. The van der Waals surface area contributed by atoms with Gasteiger partial charge in [-0.25, -0.2) is 4.57 Å². The molecular formula is C5H5F2NO2S. The lowest BCUT2D eigenvalue weighted by atomic mass is 10.6. The van der Waals surface area contributed by atoms with Crippen LogP contribution in [0, 0.1) is 0 Å². The van der Waals surface area contributed by atoms with Crippen LogP contribution in [0.15, 0.2) is 11.0 Å². The molecule has 1 heterocycles. The Morgan fingerprint density at radius 3 is 2.64 bits per heavy atom. The average molecular weight is 181 g/mol. The van der Waals surface area contributed by atoms with Crippen LogP contribution >= 0.6 is 11.3 Å². The van der Waals surface area contributed by atoms with Crippen LogP contribution in [-0.2, 0) is 6.61 Å². The molecule has 0 bridgehead atoms. The number of rotatable bonds is 2. The van der Waals surface area contributed by atoms with Crippen LogP contribution < -0.4 is 4.87 Å². The van der Waals surface area contributed by atoms with Crippen LogP contribution in [0.2, 0.25) is 0 Å². The fourth-order valence-electron chi connectivity index (χ4n) is 0.608. The Labute approximate surface area is 64.5 Å². The van der Waals surface area contributed by atoms with Crippen molar-refractivity contribution >= 4 is 11.3 Å². The minimum Gasteiger partial charge on any atom is -0.391 e. The van der Waals surface area contributed by atoms with E-state index in [-0.39, 0.29) is 16.1 Å². The molecule has 0 saturated heterocycles. The Kier molecular flexibility index (Phi) is 2.35. The molecule has 0 aliphatic heterocycles. The van der Waals surface area contributed by atoms with Crippen molar-refractivity contribution in [3.8, 4) is 0 Å². The van der Waals surface area contributed by atoms with Crippen molar-refractivity contribution in [1.29, 1.82) is 0 Å². The molecule has 0 atom stereocenters. The van der Waals surface area contributed by atoms with E-state index < -0.39 is 11.4 Å². The molecule has 0 amide bonds. The van der Waals surface area contributed by atoms with Crippen molar-refractivity contribution in [1.82, 2.24) is 4.57 Å². The predicted octanol–water partition coefficient (Wildman–Crippen LogP) is 0.797. The summed E-state index contributed by atoms with van der Waals surface area (Å²) in [4.78, 5) is 10.1. The number of hydrogen-bond acceptors (Lipinski definition) is 3. The maximum atomic E-state index is 11.9. The highest BCUT2D eigenvalue weighted by molar-refractivity contribution is 7.09. The summed E-state index contributed by atoms with van der Waals surface area (Å²) >= 11 is 0.620.